The molecular weight excluding hydrogens is 398 g/mol. The number of hydrogen-bond acceptors (Lipinski definition) is 6. The summed E-state index contributed by atoms with van der Waals surface area (Å²) in [7, 11) is 0. The topological polar surface area (TPSA) is 103 Å². The van der Waals surface area contributed by atoms with Gasteiger partial charge in [-0.1, -0.05) is 35.0 Å². The van der Waals surface area contributed by atoms with Crippen molar-refractivity contribution in [1.29, 1.82) is 0 Å². The lowest BCUT2D eigenvalue weighted by atomic mass is 10.2. The molecule has 0 heterocycles. The molecule has 0 fully saturated rings. The molecule has 0 radical (unpaired) electrons. The van der Waals surface area contributed by atoms with E-state index in [4.69, 9.17) is 9.57 Å². The SMILES string of the molecule is Cc1ccc(NC(=O)COc2ccc(/C=N\OCc3cccc([N+](=O)[O-])c3)cc2)cc1. The van der Waals surface area contributed by atoms with Gasteiger partial charge in [0.05, 0.1) is 11.1 Å². The number of rotatable bonds is 9. The van der Waals surface area contributed by atoms with E-state index in [1.807, 2.05) is 31.2 Å². The van der Waals surface area contributed by atoms with Gasteiger partial charge in [0.1, 0.15) is 12.4 Å². The molecule has 0 aliphatic carbocycles. The Hall–Kier alpha value is -4.20. The zero-order valence-corrected chi connectivity index (χ0v) is 16.9. The third kappa shape index (κ3) is 6.97. The van der Waals surface area contributed by atoms with Gasteiger partial charge in [0.2, 0.25) is 0 Å². The standard InChI is InChI=1S/C23H21N3O5/c1-17-5-9-20(10-6-17)25-23(27)16-30-22-11-7-18(8-12-22)14-24-31-15-19-3-2-4-21(13-19)26(28)29/h2-14H,15-16H2,1H3,(H,25,27)/b24-14-. The fourth-order valence-electron chi connectivity index (χ4n) is 2.60. The summed E-state index contributed by atoms with van der Waals surface area (Å²) in [6.45, 7) is 2.00. The first-order valence-electron chi connectivity index (χ1n) is 9.48. The number of amides is 1. The Bertz CT molecular complexity index is 1060. The molecule has 0 aliphatic heterocycles. The average Bonchev–Trinajstić information content (AvgIpc) is 2.78. The maximum absolute atomic E-state index is 12.0. The molecule has 158 valence electrons. The average molecular weight is 419 g/mol. The molecular formula is C23H21N3O5. The summed E-state index contributed by atoms with van der Waals surface area (Å²) in [5.74, 6) is 0.303. The highest BCUT2D eigenvalue weighted by Crippen LogP contribution is 2.14. The number of anilines is 1. The number of aryl methyl sites for hydroxylation is 1. The van der Waals surface area contributed by atoms with Gasteiger partial charge in [-0.15, -0.1) is 0 Å². The van der Waals surface area contributed by atoms with Crippen molar-refractivity contribution in [2.45, 2.75) is 13.5 Å². The summed E-state index contributed by atoms with van der Waals surface area (Å²) in [5, 5.41) is 17.4. The molecule has 0 atom stereocenters. The summed E-state index contributed by atoms with van der Waals surface area (Å²) >= 11 is 0. The predicted octanol–water partition coefficient (Wildman–Crippen LogP) is 4.47. The first-order valence-corrected chi connectivity index (χ1v) is 9.48. The first kappa shape index (κ1) is 21.5. The number of hydrogen-bond donors (Lipinski definition) is 1. The van der Waals surface area contributed by atoms with Crippen LogP contribution in [0.1, 0.15) is 16.7 Å². The minimum Gasteiger partial charge on any atom is -0.484 e. The Kier molecular flexibility index (Phi) is 7.31. The van der Waals surface area contributed by atoms with E-state index < -0.39 is 4.92 Å². The highest BCUT2D eigenvalue weighted by Gasteiger charge is 2.06. The summed E-state index contributed by atoms with van der Waals surface area (Å²) < 4.78 is 5.49. The molecule has 1 N–H and O–H groups in total. The molecule has 0 unspecified atom stereocenters. The second-order valence-electron chi connectivity index (χ2n) is 6.71. The van der Waals surface area contributed by atoms with Crippen LogP contribution >= 0.6 is 0 Å². The van der Waals surface area contributed by atoms with E-state index in [0.29, 0.717) is 11.3 Å². The van der Waals surface area contributed by atoms with Gasteiger partial charge in [0.15, 0.2) is 6.61 Å². The number of non-ortho nitro benzene ring substituents is 1. The quantitative estimate of drug-likeness (QED) is 0.313. The smallest absolute Gasteiger partial charge is 0.269 e. The zero-order valence-electron chi connectivity index (χ0n) is 16.9. The fraction of sp³-hybridized carbons (Fsp3) is 0.130. The van der Waals surface area contributed by atoms with Crippen molar-refractivity contribution in [2.75, 3.05) is 11.9 Å². The van der Waals surface area contributed by atoms with E-state index in [-0.39, 0.29) is 24.8 Å². The zero-order chi connectivity index (χ0) is 22.1. The number of ether oxygens (including phenoxy) is 1. The van der Waals surface area contributed by atoms with Crippen molar-refractivity contribution in [2.24, 2.45) is 5.16 Å². The normalized spacial score (nSPS) is 10.6. The molecule has 8 nitrogen and oxygen atoms in total. The molecule has 8 heteroatoms. The van der Waals surface area contributed by atoms with Gasteiger partial charge in [-0.2, -0.15) is 0 Å². The highest BCUT2D eigenvalue weighted by molar-refractivity contribution is 5.91. The third-order valence-corrected chi connectivity index (χ3v) is 4.21. The van der Waals surface area contributed by atoms with Gasteiger partial charge in [0.25, 0.3) is 11.6 Å². The second-order valence-corrected chi connectivity index (χ2v) is 6.71. The molecule has 3 aromatic rings. The number of nitrogens with one attached hydrogen (secondary N) is 1. The molecule has 3 aromatic carbocycles. The monoisotopic (exact) mass is 419 g/mol. The number of oxime groups is 1. The summed E-state index contributed by atoms with van der Waals surface area (Å²) in [4.78, 5) is 27.5. The van der Waals surface area contributed by atoms with Crippen LogP contribution in [0.4, 0.5) is 11.4 Å². The van der Waals surface area contributed by atoms with E-state index in [0.717, 1.165) is 16.8 Å². The molecule has 0 saturated carbocycles. The minimum absolute atomic E-state index is 0.00761. The van der Waals surface area contributed by atoms with Gasteiger partial charge in [0, 0.05) is 17.8 Å². The number of carbonyl (C=O) groups is 1. The van der Waals surface area contributed by atoms with Gasteiger partial charge >= 0.3 is 0 Å². The van der Waals surface area contributed by atoms with E-state index in [9.17, 15) is 14.9 Å². The lowest BCUT2D eigenvalue weighted by Gasteiger charge is -2.08. The maximum atomic E-state index is 12.0. The van der Waals surface area contributed by atoms with E-state index in [1.54, 1.807) is 36.4 Å². The van der Waals surface area contributed by atoms with Crippen LogP contribution in [0.15, 0.2) is 78.0 Å². The Morgan fingerprint density at radius 3 is 2.55 bits per heavy atom. The summed E-state index contributed by atoms with van der Waals surface area (Å²) in [6.07, 6.45) is 1.52. The molecule has 0 aliphatic rings. The third-order valence-electron chi connectivity index (χ3n) is 4.21. The summed E-state index contributed by atoms with van der Waals surface area (Å²) in [5.41, 5.74) is 3.27. The number of nitrogens with zero attached hydrogens (tertiary/aromatic N) is 2. The Labute approximate surface area is 179 Å². The van der Waals surface area contributed by atoms with Crippen LogP contribution in [-0.4, -0.2) is 23.7 Å². The van der Waals surface area contributed by atoms with E-state index >= 15 is 0 Å². The van der Waals surface area contributed by atoms with Crippen molar-refractivity contribution < 1.29 is 19.3 Å². The lowest BCUT2D eigenvalue weighted by Crippen LogP contribution is -2.20. The van der Waals surface area contributed by atoms with Crippen molar-refractivity contribution in [3.8, 4) is 5.75 Å². The molecule has 0 aromatic heterocycles. The number of carbonyl (C=O) groups excluding carboxylic acids is 1. The van der Waals surface area contributed by atoms with Crippen LogP contribution in [0.25, 0.3) is 0 Å². The van der Waals surface area contributed by atoms with Crippen LogP contribution in [0.5, 0.6) is 5.75 Å². The van der Waals surface area contributed by atoms with Crippen LogP contribution in [0.3, 0.4) is 0 Å². The molecule has 0 spiro atoms. The van der Waals surface area contributed by atoms with Gasteiger partial charge < -0.3 is 14.9 Å². The Morgan fingerprint density at radius 2 is 1.84 bits per heavy atom. The van der Waals surface area contributed by atoms with Crippen molar-refractivity contribution in [1.82, 2.24) is 0 Å². The molecule has 1 amide bonds. The molecule has 31 heavy (non-hydrogen) atoms. The Morgan fingerprint density at radius 1 is 1.10 bits per heavy atom. The lowest BCUT2D eigenvalue weighted by molar-refractivity contribution is -0.384. The van der Waals surface area contributed by atoms with Crippen molar-refractivity contribution >= 4 is 23.5 Å². The molecule has 0 bridgehead atoms. The van der Waals surface area contributed by atoms with Crippen LogP contribution in [0.2, 0.25) is 0 Å². The summed E-state index contributed by atoms with van der Waals surface area (Å²) in [6, 6.07) is 20.7. The molecule has 3 rings (SSSR count). The highest BCUT2D eigenvalue weighted by atomic mass is 16.6. The van der Waals surface area contributed by atoms with Gasteiger partial charge in [-0.25, -0.2) is 0 Å². The van der Waals surface area contributed by atoms with Crippen molar-refractivity contribution in [3.05, 3.63) is 99.6 Å². The van der Waals surface area contributed by atoms with Gasteiger partial charge in [-0.3, -0.25) is 14.9 Å². The van der Waals surface area contributed by atoms with Gasteiger partial charge in [-0.05, 0) is 54.4 Å². The number of nitro benzene ring substituents is 1. The largest absolute Gasteiger partial charge is 0.484 e. The minimum atomic E-state index is -0.456. The number of nitro groups is 1. The van der Waals surface area contributed by atoms with Crippen LogP contribution < -0.4 is 10.1 Å². The Balaban J connectivity index is 1.43. The number of benzene rings is 3. The second kappa shape index (κ2) is 10.5. The maximum Gasteiger partial charge on any atom is 0.269 e. The van der Waals surface area contributed by atoms with Crippen LogP contribution in [0, 0.1) is 17.0 Å². The fourth-order valence-corrected chi connectivity index (χ4v) is 2.60. The molecule has 0 saturated heterocycles. The predicted molar refractivity (Wildman–Crippen MR) is 117 cm³/mol. The van der Waals surface area contributed by atoms with E-state index in [1.165, 1.54) is 18.3 Å². The van der Waals surface area contributed by atoms with Crippen LogP contribution in [-0.2, 0) is 16.2 Å². The first-order chi connectivity index (χ1) is 15.0. The van der Waals surface area contributed by atoms with E-state index in [2.05, 4.69) is 10.5 Å². The van der Waals surface area contributed by atoms with Crippen molar-refractivity contribution in [3.63, 3.8) is 0 Å².